The lowest BCUT2D eigenvalue weighted by Gasteiger charge is -2.03. The fourth-order valence-corrected chi connectivity index (χ4v) is 1.47. The van der Waals surface area contributed by atoms with E-state index in [-0.39, 0.29) is 11.8 Å². The molecule has 4 nitrogen and oxygen atoms in total. The van der Waals surface area contributed by atoms with Crippen LogP contribution in [0, 0.1) is 12.8 Å². The van der Waals surface area contributed by atoms with E-state index in [2.05, 4.69) is 10.4 Å². The van der Waals surface area contributed by atoms with E-state index in [0.29, 0.717) is 0 Å². The van der Waals surface area contributed by atoms with Crippen LogP contribution in [-0.4, -0.2) is 15.7 Å². The Hall–Kier alpha value is -1.32. The number of hydrogen-bond donors (Lipinski definition) is 1. The van der Waals surface area contributed by atoms with E-state index in [4.69, 9.17) is 0 Å². The van der Waals surface area contributed by atoms with Gasteiger partial charge in [-0.2, -0.15) is 5.10 Å². The number of amides is 1. The minimum absolute atomic E-state index is 0.142. The van der Waals surface area contributed by atoms with Crippen molar-refractivity contribution in [3.8, 4) is 0 Å². The van der Waals surface area contributed by atoms with Crippen molar-refractivity contribution in [1.29, 1.82) is 0 Å². The molecule has 1 heterocycles. The average molecular weight is 193 g/mol. The Labute approximate surface area is 83.3 Å². The van der Waals surface area contributed by atoms with Crippen LogP contribution in [0.1, 0.15) is 25.5 Å². The second kappa shape index (κ2) is 3.44. The molecule has 14 heavy (non-hydrogen) atoms. The lowest BCUT2D eigenvalue weighted by atomic mass is 10.3. The summed E-state index contributed by atoms with van der Waals surface area (Å²) < 4.78 is 1.88. The molecule has 1 aliphatic carbocycles. The Morgan fingerprint density at radius 2 is 2.43 bits per heavy atom. The molecular weight excluding hydrogens is 178 g/mol. The van der Waals surface area contributed by atoms with Crippen molar-refractivity contribution in [3.63, 3.8) is 0 Å². The highest BCUT2D eigenvalue weighted by Crippen LogP contribution is 2.30. The standard InChI is InChI=1S/C10H15N3O/c1-3-13-7(2)9(6-11-13)12-10(14)8-4-5-8/h6,8H,3-5H2,1-2H3,(H,12,14). The molecule has 2 rings (SSSR count). The van der Waals surface area contributed by atoms with Crippen molar-refractivity contribution >= 4 is 11.6 Å². The van der Waals surface area contributed by atoms with Gasteiger partial charge in [-0.05, 0) is 26.7 Å². The molecule has 1 N–H and O–H groups in total. The lowest BCUT2D eigenvalue weighted by molar-refractivity contribution is -0.117. The molecule has 0 bridgehead atoms. The van der Waals surface area contributed by atoms with E-state index in [1.807, 2.05) is 18.5 Å². The molecule has 0 atom stereocenters. The smallest absolute Gasteiger partial charge is 0.227 e. The van der Waals surface area contributed by atoms with Gasteiger partial charge in [-0.25, -0.2) is 0 Å². The zero-order chi connectivity index (χ0) is 10.1. The Morgan fingerprint density at radius 3 is 2.93 bits per heavy atom. The molecule has 1 aliphatic rings. The molecular formula is C10H15N3O. The molecule has 0 radical (unpaired) electrons. The summed E-state index contributed by atoms with van der Waals surface area (Å²) in [6.07, 6.45) is 3.79. The highest BCUT2D eigenvalue weighted by atomic mass is 16.2. The molecule has 1 amide bonds. The monoisotopic (exact) mass is 193 g/mol. The molecule has 0 saturated heterocycles. The van der Waals surface area contributed by atoms with Gasteiger partial charge in [-0.15, -0.1) is 0 Å². The van der Waals surface area contributed by atoms with Gasteiger partial charge in [0.1, 0.15) is 0 Å². The highest BCUT2D eigenvalue weighted by molar-refractivity contribution is 5.94. The van der Waals surface area contributed by atoms with E-state index < -0.39 is 0 Å². The summed E-state index contributed by atoms with van der Waals surface area (Å²) >= 11 is 0. The first-order valence-corrected chi connectivity index (χ1v) is 5.05. The van der Waals surface area contributed by atoms with Crippen molar-refractivity contribution in [1.82, 2.24) is 9.78 Å². The molecule has 0 unspecified atom stereocenters. The van der Waals surface area contributed by atoms with Crippen LogP contribution in [0.3, 0.4) is 0 Å². The van der Waals surface area contributed by atoms with Gasteiger partial charge in [-0.3, -0.25) is 9.48 Å². The maximum absolute atomic E-state index is 11.5. The van der Waals surface area contributed by atoms with Gasteiger partial charge in [-0.1, -0.05) is 0 Å². The molecule has 0 spiro atoms. The van der Waals surface area contributed by atoms with Gasteiger partial charge in [0, 0.05) is 12.5 Å². The zero-order valence-corrected chi connectivity index (χ0v) is 8.58. The topological polar surface area (TPSA) is 46.9 Å². The number of nitrogens with one attached hydrogen (secondary N) is 1. The number of anilines is 1. The fourth-order valence-electron chi connectivity index (χ4n) is 1.47. The highest BCUT2D eigenvalue weighted by Gasteiger charge is 2.30. The average Bonchev–Trinajstić information content (AvgIpc) is 2.95. The van der Waals surface area contributed by atoms with Gasteiger partial charge in [0.05, 0.1) is 17.6 Å². The van der Waals surface area contributed by atoms with E-state index >= 15 is 0 Å². The number of carbonyl (C=O) groups is 1. The Morgan fingerprint density at radius 1 is 1.71 bits per heavy atom. The summed E-state index contributed by atoms with van der Waals surface area (Å²) in [6, 6.07) is 0. The van der Waals surface area contributed by atoms with Crippen LogP contribution in [0.15, 0.2) is 6.20 Å². The number of aryl methyl sites for hydroxylation is 1. The predicted molar refractivity (Wildman–Crippen MR) is 54.0 cm³/mol. The van der Waals surface area contributed by atoms with E-state index in [1.54, 1.807) is 6.20 Å². The number of rotatable bonds is 3. The maximum atomic E-state index is 11.5. The molecule has 0 aromatic carbocycles. The quantitative estimate of drug-likeness (QED) is 0.791. The van der Waals surface area contributed by atoms with E-state index in [9.17, 15) is 4.79 Å². The molecule has 0 aliphatic heterocycles. The van der Waals surface area contributed by atoms with Crippen molar-refractivity contribution in [2.45, 2.75) is 33.2 Å². The van der Waals surface area contributed by atoms with Gasteiger partial charge < -0.3 is 5.32 Å². The molecule has 1 saturated carbocycles. The van der Waals surface area contributed by atoms with Gasteiger partial charge >= 0.3 is 0 Å². The third-order valence-corrected chi connectivity index (χ3v) is 2.61. The van der Waals surface area contributed by atoms with Gasteiger partial charge in [0.25, 0.3) is 0 Å². The van der Waals surface area contributed by atoms with Crippen LogP contribution in [0.25, 0.3) is 0 Å². The maximum Gasteiger partial charge on any atom is 0.227 e. The summed E-state index contributed by atoms with van der Waals surface area (Å²) in [5.41, 5.74) is 1.88. The second-order valence-corrected chi connectivity index (χ2v) is 3.72. The second-order valence-electron chi connectivity index (χ2n) is 3.72. The lowest BCUT2D eigenvalue weighted by Crippen LogP contribution is -2.13. The van der Waals surface area contributed by atoms with E-state index in [0.717, 1.165) is 30.8 Å². The molecule has 1 aromatic heterocycles. The summed E-state index contributed by atoms with van der Waals surface area (Å²) in [4.78, 5) is 11.5. The van der Waals surface area contributed by atoms with Gasteiger partial charge in [0.2, 0.25) is 5.91 Å². The first kappa shape index (κ1) is 9.24. The Kier molecular flexibility index (Phi) is 2.27. The number of aromatic nitrogens is 2. The minimum atomic E-state index is 0.142. The summed E-state index contributed by atoms with van der Waals surface area (Å²) in [6.45, 7) is 4.84. The third kappa shape index (κ3) is 1.64. The summed E-state index contributed by atoms with van der Waals surface area (Å²) in [7, 11) is 0. The Bertz CT molecular complexity index is 352. The SMILES string of the molecule is CCn1ncc(NC(=O)C2CC2)c1C. The van der Waals surface area contributed by atoms with Crippen LogP contribution >= 0.6 is 0 Å². The molecule has 1 fully saturated rings. The van der Waals surface area contributed by atoms with Crippen molar-refractivity contribution in [3.05, 3.63) is 11.9 Å². The molecule has 76 valence electrons. The normalized spacial score (nSPS) is 15.6. The molecule has 1 aromatic rings. The Balaban J connectivity index is 2.08. The van der Waals surface area contributed by atoms with Crippen LogP contribution in [0.4, 0.5) is 5.69 Å². The van der Waals surface area contributed by atoms with Crippen LogP contribution in [-0.2, 0) is 11.3 Å². The number of nitrogens with zero attached hydrogens (tertiary/aromatic N) is 2. The first-order valence-electron chi connectivity index (χ1n) is 5.05. The summed E-state index contributed by atoms with van der Waals surface area (Å²) in [5.74, 6) is 0.392. The minimum Gasteiger partial charge on any atom is -0.323 e. The fraction of sp³-hybridized carbons (Fsp3) is 0.600. The first-order chi connectivity index (χ1) is 6.72. The number of carbonyl (C=O) groups excluding carboxylic acids is 1. The predicted octanol–water partition coefficient (Wildman–Crippen LogP) is 1.56. The van der Waals surface area contributed by atoms with Crippen molar-refractivity contribution < 1.29 is 4.79 Å². The van der Waals surface area contributed by atoms with E-state index in [1.165, 1.54) is 0 Å². The van der Waals surface area contributed by atoms with Crippen molar-refractivity contribution in [2.75, 3.05) is 5.32 Å². The summed E-state index contributed by atoms with van der Waals surface area (Å²) in [5, 5.41) is 7.07. The zero-order valence-electron chi connectivity index (χ0n) is 8.58. The third-order valence-electron chi connectivity index (χ3n) is 2.61. The van der Waals surface area contributed by atoms with Crippen LogP contribution in [0.2, 0.25) is 0 Å². The van der Waals surface area contributed by atoms with Crippen molar-refractivity contribution in [2.24, 2.45) is 5.92 Å². The van der Waals surface area contributed by atoms with Gasteiger partial charge in [0.15, 0.2) is 0 Å². The van der Waals surface area contributed by atoms with Crippen LogP contribution in [0.5, 0.6) is 0 Å². The number of hydrogen-bond acceptors (Lipinski definition) is 2. The van der Waals surface area contributed by atoms with Crippen LogP contribution < -0.4 is 5.32 Å². The largest absolute Gasteiger partial charge is 0.323 e. The molecule has 4 heteroatoms.